The second-order valence-electron chi connectivity index (χ2n) is 6.06. The van der Waals surface area contributed by atoms with Crippen LogP contribution in [0.4, 0.5) is 0 Å². The summed E-state index contributed by atoms with van der Waals surface area (Å²) in [6, 6.07) is 0.609. The Morgan fingerprint density at radius 1 is 1.24 bits per heavy atom. The minimum absolute atomic E-state index is 0.609. The highest BCUT2D eigenvalue weighted by Gasteiger charge is 2.19. The third-order valence-corrected chi connectivity index (χ3v) is 5.94. The quantitative estimate of drug-likeness (QED) is 0.748. The van der Waals surface area contributed by atoms with E-state index < -0.39 is 0 Å². The van der Waals surface area contributed by atoms with Crippen molar-refractivity contribution in [1.82, 2.24) is 14.9 Å². The van der Waals surface area contributed by atoms with E-state index >= 15 is 0 Å². The Bertz CT molecular complexity index is 652. The summed E-state index contributed by atoms with van der Waals surface area (Å²) < 4.78 is 0. The molecule has 0 N–H and O–H groups in total. The van der Waals surface area contributed by atoms with Gasteiger partial charge in [0.15, 0.2) is 0 Å². The third-order valence-electron chi connectivity index (χ3n) is 4.57. The van der Waals surface area contributed by atoms with Crippen molar-refractivity contribution in [3.05, 3.63) is 21.4 Å². The molecule has 0 radical (unpaired) electrons. The maximum Gasteiger partial charge on any atom is 0.145 e. The van der Waals surface area contributed by atoms with E-state index in [4.69, 9.17) is 16.6 Å². The van der Waals surface area contributed by atoms with Gasteiger partial charge >= 0.3 is 0 Å². The molecule has 1 saturated heterocycles. The van der Waals surface area contributed by atoms with Crippen LogP contribution in [0.25, 0.3) is 10.2 Å². The molecule has 3 nitrogen and oxygen atoms in total. The Labute approximate surface area is 135 Å². The van der Waals surface area contributed by atoms with Crippen LogP contribution in [0.3, 0.4) is 0 Å². The Hall–Kier alpha value is -0.710. The topological polar surface area (TPSA) is 29.0 Å². The van der Waals surface area contributed by atoms with Crippen molar-refractivity contribution in [3.63, 3.8) is 0 Å². The van der Waals surface area contributed by atoms with Gasteiger partial charge in [-0.2, -0.15) is 0 Å². The van der Waals surface area contributed by atoms with Gasteiger partial charge in [0.1, 0.15) is 15.8 Å². The monoisotopic (exact) mass is 323 g/mol. The van der Waals surface area contributed by atoms with Crippen LogP contribution in [0.5, 0.6) is 0 Å². The van der Waals surface area contributed by atoms with Crippen LogP contribution >= 0.6 is 22.9 Å². The number of nitrogens with zero attached hydrogens (tertiary/aromatic N) is 3. The first-order chi connectivity index (χ1) is 10.1. The molecule has 1 fully saturated rings. The van der Waals surface area contributed by atoms with Gasteiger partial charge in [0.05, 0.1) is 11.9 Å². The van der Waals surface area contributed by atoms with Crippen LogP contribution in [0.15, 0.2) is 0 Å². The fourth-order valence-electron chi connectivity index (χ4n) is 3.06. The van der Waals surface area contributed by atoms with E-state index in [0.29, 0.717) is 11.2 Å². The highest BCUT2D eigenvalue weighted by Crippen LogP contribution is 2.33. The average molecular weight is 324 g/mol. The van der Waals surface area contributed by atoms with E-state index in [2.05, 4.69) is 30.7 Å². The number of fused-ring (bicyclic) bond motifs is 1. The van der Waals surface area contributed by atoms with Gasteiger partial charge in [-0.25, -0.2) is 9.97 Å². The van der Waals surface area contributed by atoms with Gasteiger partial charge < -0.3 is 0 Å². The molecule has 3 rings (SSSR count). The highest BCUT2D eigenvalue weighted by molar-refractivity contribution is 7.18. The lowest BCUT2D eigenvalue weighted by Crippen LogP contribution is -2.32. The number of thiophene rings is 1. The lowest BCUT2D eigenvalue weighted by molar-refractivity contribution is 0.200. The van der Waals surface area contributed by atoms with Crippen molar-refractivity contribution in [2.45, 2.75) is 59.0 Å². The fraction of sp³-hybridized carbons (Fsp3) is 0.625. The molecule has 21 heavy (non-hydrogen) atoms. The van der Waals surface area contributed by atoms with Gasteiger partial charge in [-0.05, 0) is 45.7 Å². The predicted octanol–water partition coefficient (Wildman–Crippen LogP) is 4.73. The molecule has 1 atom stereocenters. The smallest absolute Gasteiger partial charge is 0.145 e. The Morgan fingerprint density at radius 2 is 2.05 bits per heavy atom. The molecule has 2 aromatic heterocycles. The summed E-state index contributed by atoms with van der Waals surface area (Å²) in [6.07, 6.45) is 5.22. The number of hydrogen-bond acceptors (Lipinski definition) is 4. The van der Waals surface area contributed by atoms with Gasteiger partial charge in [-0.1, -0.05) is 24.4 Å². The van der Waals surface area contributed by atoms with Crippen LogP contribution in [0, 0.1) is 13.8 Å². The standard InChI is InChI=1S/C16H22ClN3S/c1-10-7-5-4-6-8-20(10)9-13-18-15(17)14-11(2)12(3)21-16(14)19-13/h10H,4-9H2,1-3H3. The first-order valence-electron chi connectivity index (χ1n) is 7.72. The molecule has 0 spiro atoms. The van der Waals surface area contributed by atoms with E-state index in [0.717, 1.165) is 29.1 Å². The molecule has 0 aromatic carbocycles. The fourth-order valence-corrected chi connectivity index (χ4v) is 4.50. The van der Waals surface area contributed by atoms with E-state index in [1.165, 1.54) is 36.1 Å². The van der Waals surface area contributed by atoms with E-state index in [9.17, 15) is 0 Å². The molecule has 0 aliphatic carbocycles. The number of likely N-dealkylation sites (tertiary alicyclic amines) is 1. The normalized spacial score (nSPS) is 20.9. The minimum Gasteiger partial charge on any atom is -0.293 e. The van der Waals surface area contributed by atoms with Crippen molar-refractivity contribution in [2.24, 2.45) is 0 Å². The van der Waals surface area contributed by atoms with Crippen LogP contribution in [-0.4, -0.2) is 27.5 Å². The van der Waals surface area contributed by atoms with Crippen molar-refractivity contribution in [2.75, 3.05) is 6.54 Å². The minimum atomic E-state index is 0.609. The molecule has 0 saturated carbocycles. The highest BCUT2D eigenvalue weighted by atomic mass is 35.5. The Kier molecular flexibility index (Phi) is 4.48. The number of aryl methyl sites for hydroxylation is 2. The number of halogens is 1. The molecule has 1 unspecified atom stereocenters. The number of hydrogen-bond donors (Lipinski definition) is 0. The average Bonchev–Trinajstić information content (AvgIpc) is 2.59. The molecule has 0 amide bonds. The first-order valence-corrected chi connectivity index (χ1v) is 8.92. The van der Waals surface area contributed by atoms with Gasteiger partial charge in [0, 0.05) is 10.9 Å². The van der Waals surface area contributed by atoms with Crippen molar-refractivity contribution in [3.8, 4) is 0 Å². The molecule has 114 valence electrons. The summed E-state index contributed by atoms with van der Waals surface area (Å²) in [7, 11) is 0. The largest absolute Gasteiger partial charge is 0.293 e. The van der Waals surface area contributed by atoms with Gasteiger partial charge in [0.25, 0.3) is 0 Å². The van der Waals surface area contributed by atoms with Crippen LogP contribution < -0.4 is 0 Å². The molecular weight excluding hydrogens is 302 g/mol. The predicted molar refractivity (Wildman–Crippen MR) is 90.2 cm³/mol. The maximum atomic E-state index is 6.40. The molecular formula is C16H22ClN3S. The molecule has 2 aromatic rings. The number of rotatable bonds is 2. The maximum absolute atomic E-state index is 6.40. The second-order valence-corrected chi connectivity index (χ2v) is 7.62. The lowest BCUT2D eigenvalue weighted by Gasteiger charge is -2.25. The van der Waals surface area contributed by atoms with Gasteiger partial charge in [-0.15, -0.1) is 11.3 Å². The van der Waals surface area contributed by atoms with Crippen LogP contribution in [0.1, 0.15) is 48.9 Å². The summed E-state index contributed by atoms with van der Waals surface area (Å²) in [4.78, 5) is 14.1. The van der Waals surface area contributed by atoms with E-state index in [-0.39, 0.29) is 0 Å². The van der Waals surface area contributed by atoms with Gasteiger partial charge in [0.2, 0.25) is 0 Å². The second kappa shape index (κ2) is 6.19. The molecule has 1 aliphatic rings. The summed E-state index contributed by atoms with van der Waals surface area (Å²) in [6.45, 7) is 8.48. The van der Waals surface area contributed by atoms with Crippen molar-refractivity contribution >= 4 is 33.2 Å². The SMILES string of the molecule is Cc1sc2nc(CN3CCCCCC3C)nc(Cl)c2c1C. The van der Waals surface area contributed by atoms with Crippen molar-refractivity contribution < 1.29 is 0 Å². The Morgan fingerprint density at radius 3 is 2.86 bits per heavy atom. The number of aromatic nitrogens is 2. The summed E-state index contributed by atoms with van der Waals surface area (Å²) in [5.41, 5.74) is 1.22. The zero-order valence-electron chi connectivity index (χ0n) is 12.9. The summed E-state index contributed by atoms with van der Waals surface area (Å²) >= 11 is 8.12. The van der Waals surface area contributed by atoms with E-state index in [1.807, 2.05) is 0 Å². The van der Waals surface area contributed by atoms with Crippen LogP contribution in [0.2, 0.25) is 5.15 Å². The first kappa shape index (κ1) is 15.2. The Balaban J connectivity index is 1.90. The molecule has 1 aliphatic heterocycles. The third kappa shape index (κ3) is 3.08. The summed E-state index contributed by atoms with van der Waals surface area (Å²) in [5, 5.41) is 1.64. The zero-order chi connectivity index (χ0) is 15.0. The summed E-state index contributed by atoms with van der Waals surface area (Å²) in [5.74, 6) is 0.863. The molecule has 0 bridgehead atoms. The van der Waals surface area contributed by atoms with Gasteiger partial charge in [-0.3, -0.25) is 4.90 Å². The van der Waals surface area contributed by atoms with Crippen molar-refractivity contribution in [1.29, 1.82) is 0 Å². The zero-order valence-corrected chi connectivity index (χ0v) is 14.5. The van der Waals surface area contributed by atoms with E-state index in [1.54, 1.807) is 11.3 Å². The van der Waals surface area contributed by atoms with Crippen LogP contribution in [-0.2, 0) is 6.54 Å². The molecule has 3 heterocycles. The lowest BCUT2D eigenvalue weighted by atomic mass is 10.1. The molecule has 5 heteroatoms.